The Morgan fingerprint density at radius 1 is 0.839 bits per heavy atom. The zero-order valence-electron chi connectivity index (χ0n) is 20.3. The minimum Gasteiger partial charge on any atom is -0.497 e. The summed E-state index contributed by atoms with van der Waals surface area (Å²) in [6.45, 7) is 2.84. The van der Waals surface area contributed by atoms with E-state index < -0.39 is 0 Å². The number of methoxy groups -OCH3 is 1. The van der Waals surface area contributed by atoms with E-state index in [9.17, 15) is 4.79 Å². The van der Waals surface area contributed by atoms with Gasteiger partial charge < -0.3 is 10.1 Å². The molecule has 31 heavy (non-hydrogen) atoms. The van der Waals surface area contributed by atoms with Crippen LogP contribution in [0.1, 0.15) is 115 Å². The van der Waals surface area contributed by atoms with E-state index in [1.54, 1.807) is 7.11 Å². The molecule has 0 unspecified atom stereocenters. The Kier molecular flexibility index (Phi) is 17.7. The fraction of sp³-hybridized carbons (Fsp3) is 0.679. The Morgan fingerprint density at radius 2 is 1.42 bits per heavy atom. The number of carbonyl (C=O) groups is 1. The molecule has 0 radical (unpaired) electrons. The molecule has 0 aliphatic carbocycles. The first-order valence-electron chi connectivity index (χ1n) is 12.8. The molecular formula is C28H47NO2. The van der Waals surface area contributed by atoms with Crippen LogP contribution in [-0.2, 0) is 11.3 Å². The highest BCUT2D eigenvalue weighted by Crippen LogP contribution is 2.13. The van der Waals surface area contributed by atoms with Crippen molar-refractivity contribution in [1.29, 1.82) is 0 Å². The van der Waals surface area contributed by atoms with Crippen molar-refractivity contribution in [2.75, 3.05) is 7.11 Å². The molecular weight excluding hydrogens is 382 g/mol. The van der Waals surface area contributed by atoms with Gasteiger partial charge >= 0.3 is 0 Å². The van der Waals surface area contributed by atoms with Crippen LogP contribution >= 0.6 is 0 Å². The first-order chi connectivity index (χ1) is 15.3. The number of carbonyl (C=O) groups excluding carboxylic acids is 1. The summed E-state index contributed by atoms with van der Waals surface area (Å²) < 4.78 is 5.21. The molecule has 0 saturated carbocycles. The highest BCUT2D eigenvalue weighted by molar-refractivity contribution is 5.75. The zero-order valence-corrected chi connectivity index (χ0v) is 20.3. The van der Waals surface area contributed by atoms with Gasteiger partial charge in [0.15, 0.2) is 0 Å². The predicted molar refractivity (Wildman–Crippen MR) is 134 cm³/mol. The number of allylic oxidation sites excluding steroid dienone is 2. The third kappa shape index (κ3) is 16.6. The van der Waals surface area contributed by atoms with E-state index in [0.717, 1.165) is 24.2 Å². The molecule has 0 aliphatic rings. The standard InChI is InChI=1S/C28H47NO2/c1-3-4-5-6-7-8-9-10-11-12-13-14-15-16-17-18-19-23-28(30)29-25-26-21-20-22-27(24-26)31-2/h16-17,20-22,24H,3-15,18-19,23,25H2,1-2H3,(H,29,30)/b17-16-. The summed E-state index contributed by atoms with van der Waals surface area (Å²) in [6, 6.07) is 7.82. The SMILES string of the molecule is CCCCCCCCCCCCCC/C=C\CCCC(=O)NCc1cccc(OC)c1. The minimum absolute atomic E-state index is 0.122. The molecule has 3 heteroatoms. The van der Waals surface area contributed by atoms with Gasteiger partial charge in [0.2, 0.25) is 5.91 Å². The van der Waals surface area contributed by atoms with Crippen molar-refractivity contribution >= 4 is 5.91 Å². The van der Waals surface area contributed by atoms with Gasteiger partial charge in [-0.15, -0.1) is 0 Å². The summed E-state index contributed by atoms with van der Waals surface area (Å²) in [5.41, 5.74) is 1.06. The topological polar surface area (TPSA) is 38.3 Å². The molecule has 3 nitrogen and oxygen atoms in total. The molecule has 0 bridgehead atoms. The van der Waals surface area contributed by atoms with E-state index in [1.807, 2.05) is 24.3 Å². The Balaban J connectivity index is 1.86. The van der Waals surface area contributed by atoms with Gasteiger partial charge in [-0.25, -0.2) is 0 Å². The molecule has 0 atom stereocenters. The molecule has 1 aromatic carbocycles. The fourth-order valence-electron chi connectivity index (χ4n) is 3.79. The van der Waals surface area contributed by atoms with E-state index in [0.29, 0.717) is 13.0 Å². The molecule has 1 N–H and O–H groups in total. The van der Waals surface area contributed by atoms with Gasteiger partial charge in [-0.3, -0.25) is 4.79 Å². The minimum atomic E-state index is 0.122. The van der Waals surface area contributed by atoms with E-state index in [4.69, 9.17) is 4.74 Å². The number of unbranched alkanes of at least 4 members (excludes halogenated alkanes) is 13. The third-order valence-corrected chi connectivity index (χ3v) is 5.79. The van der Waals surface area contributed by atoms with Crippen molar-refractivity contribution in [3.8, 4) is 5.75 Å². The first kappa shape index (κ1) is 27.3. The number of hydrogen-bond acceptors (Lipinski definition) is 2. The summed E-state index contributed by atoms with van der Waals surface area (Å²) in [5, 5.41) is 2.99. The van der Waals surface area contributed by atoms with Gasteiger partial charge in [-0.2, -0.15) is 0 Å². The van der Waals surface area contributed by atoms with Gasteiger partial charge in [0.1, 0.15) is 5.75 Å². The molecule has 0 fully saturated rings. The number of rotatable bonds is 20. The van der Waals surface area contributed by atoms with Crippen LogP contribution in [0.25, 0.3) is 0 Å². The summed E-state index contributed by atoms with van der Waals surface area (Å²) in [4.78, 5) is 12.0. The summed E-state index contributed by atoms with van der Waals surface area (Å²) in [5.74, 6) is 0.947. The average molecular weight is 430 g/mol. The van der Waals surface area contributed by atoms with Gasteiger partial charge in [-0.05, 0) is 43.4 Å². The van der Waals surface area contributed by atoms with Crippen LogP contribution < -0.4 is 10.1 Å². The second kappa shape index (κ2) is 20.2. The summed E-state index contributed by atoms with van der Waals surface area (Å²) in [7, 11) is 1.66. The number of ether oxygens (including phenoxy) is 1. The van der Waals surface area contributed by atoms with Gasteiger partial charge in [-0.1, -0.05) is 102 Å². The van der Waals surface area contributed by atoms with E-state index in [2.05, 4.69) is 24.4 Å². The van der Waals surface area contributed by atoms with Crippen LogP contribution in [0.5, 0.6) is 5.75 Å². The Morgan fingerprint density at radius 3 is 2.03 bits per heavy atom. The third-order valence-electron chi connectivity index (χ3n) is 5.79. The maximum absolute atomic E-state index is 12.0. The van der Waals surface area contributed by atoms with Crippen molar-refractivity contribution < 1.29 is 9.53 Å². The molecule has 0 spiro atoms. The molecule has 0 saturated heterocycles. The van der Waals surface area contributed by atoms with Crippen LogP contribution in [-0.4, -0.2) is 13.0 Å². The van der Waals surface area contributed by atoms with Crippen LogP contribution in [0, 0.1) is 0 Å². The van der Waals surface area contributed by atoms with Gasteiger partial charge in [0, 0.05) is 13.0 Å². The lowest BCUT2D eigenvalue weighted by Crippen LogP contribution is -2.22. The molecule has 0 aliphatic heterocycles. The van der Waals surface area contributed by atoms with E-state index in [1.165, 1.54) is 83.5 Å². The zero-order chi connectivity index (χ0) is 22.4. The maximum Gasteiger partial charge on any atom is 0.220 e. The average Bonchev–Trinajstić information content (AvgIpc) is 2.80. The summed E-state index contributed by atoms with van der Waals surface area (Å²) >= 11 is 0. The molecule has 0 heterocycles. The van der Waals surface area contributed by atoms with Crippen LogP contribution in [0.15, 0.2) is 36.4 Å². The lowest BCUT2D eigenvalue weighted by atomic mass is 10.0. The number of amides is 1. The predicted octanol–water partition coefficient (Wildman–Crippen LogP) is 8.13. The van der Waals surface area contributed by atoms with Crippen LogP contribution in [0.2, 0.25) is 0 Å². The normalized spacial score (nSPS) is 11.2. The Hall–Kier alpha value is -1.77. The van der Waals surface area contributed by atoms with Crippen molar-refractivity contribution in [3.05, 3.63) is 42.0 Å². The van der Waals surface area contributed by atoms with Crippen LogP contribution in [0.4, 0.5) is 0 Å². The smallest absolute Gasteiger partial charge is 0.220 e. The van der Waals surface area contributed by atoms with Crippen molar-refractivity contribution in [3.63, 3.8) is 0 Å². The maximum atomic E-state index is 12.0. The quantitative estimate of drug-likeness (QED) is 0.168. The van der Waals surface area contributed by atoms with Gasteiger partial charge in [0.05, 0.1) is 7.11 Å². The van der Waals surface area contributed by atoms with Crippen molar-refractivity contribution in [2.45, 2.75) is 116 Å². The lowest BCUT2D eigenvalue weighted by molar-refractivity contribution is -0.121. The van der Waals surface area contributed by atoms with E-state index in [-0.39, 0.29) is 5.91 Å². The monoisotopic (exact) mass is 429 g/mol. The Bertz CT molecular complexity index is 582. The second-order valence-corrected chi connectivity index (χ2v) is 8.67. The number of benzene rings is 1. The Labute approximate surface area is 192 Å². The first-order valence-corrected chi connectivity index (χ1v) is 12.8. The van der Waals surface area contributed by atoms with Crippen LogP contribution in [0.3, 0.4) is 0 Å². The number of nitrogens with one attached hydrogen (secondary N) is 1. The molecule has 1 rings (SSSR count). The highest BCUT2D eigenvalue weighted by atomic mass is 16.5. The number of hydrogen-bond donors (Lipinski definition) is 1. The largest absolute Gasteiger partial charge is 0.497 e. The fourth-order valence-corrected chi connectivity index (χ4v) is 3.79. The highest BCUT2D eigenvalue weighted by Gasteiger charge is 2.01. The second-order valence-electron chi connectivity index (χ2n) is 8.67. The van der Waals surface area contributed by atoms with E-state index >= 15 is 0 Å². The molecule has 0 aromatic heterocycles. The molecule has 1 aromatic rings. The lowest BCUT2D eigenvalue weighted by Gasteiger charge is -2.06. The molecule has 1 amide bonds. The van der Waals surface area contributed by atoms with Crippen molar-refractivity contribution in [2.24, 2.45) is 0 Å². The molecule has 176 valence electrons. The van der Waals surface area contributed by atoms with Gasteiger partial charge in [0.25, 0.3) is 0 Å². The van der Waals surface area contributed by atoms with Crippen molar-refractivity contribution in [1.82, 2.24) is 5.32 Å². The summed E-state index contributed by atoms with van der Waals surface area (Å²) in [6.07, 6.45) is 25.0.